The topological polar surface area (TPSA) is 47.1 Å². The highest BCUT2D eigenvalue weighted by molar-refractivity contribution is 5.31. The molecule has 1 aliphatic rings. The van der Waals surface area contributed by atoms with Crippen LogP contribution < -0.4 is 5.73 Å². The minimum atomic E-state index is 0.479. The van der Waals surface area contributed by atoms with Crippen LogP contribution in [0.2, 0.25) is 0 Å². The SMILES string of the molecule is CCN1CCCCC1c1cc(N)n(C)n1. The standard InChI is InChI=1S/C11H20N4/c1-3-15-7-5-4-6-10(15)9-8-11(12)14(2)13-9/h8,10H,3-7,12H2,1-2H3. The minimum Gasteiger partial charge on any atom is -0.384 e. The van der Waals surface area contributed by atoms with Gasteiger partial charge in [0.25, 0.3) is 0 Å². The van der Waals surface area contributed by atoms with Gasteiger partial charge in [-0.15, -0.1) is 0 Å². The first-order valence-corrected chi connectivity index (χ1v) is 5.76. The number of aromatic nitrogens is 2. The second-order valence-electron chi connectivity index (χ2n) is 4.26. The number of hydrogen-bond donors (Lipinski definition) is 1. The number of rotatable bonds is 2. The summed E-state index contributed by atoms with van der Waals surface area (Å²) in [6.45, 7) is 4.50. The third-order valence-electron chi connectivity index (χ3n) is 3.30. The molecule has 2 heterocycles. The third kappa shape index (κ3) is 2.00. The molecule has 1 saturated heterocycles. The zero-order valence-corrected chi connectivity index (χ0v) is 9.61. The van der Waals surface area contributed by atoms with Crippen LogP contribution in [-0.4, -0.2) is 27.8 Å². The summed E-state index contributed by atoms with van der Waals surface area (Å²) in [6, 6.07) is 2.49. The maximum absolute atomic E-state index is 5.82. The van der Waals surface area contributed by atoms with E-state index in [4.69, 9.17) is 5.73 Å². The molecule has 2 rings (SSSR count). The summed E-state index contributed by atoms with van der Waals surface area (Å²) in [6.07, 6.45) is 3.83. The number of nitrogens with two attached hydrogens (primary N) is 1. The Hall–Kier alpha value is -1.03. The van der Waals surface area contributed by atoms with Crippen molar-refractivity contribution in [2.24, 2.45) is 7.05 Å². The fourth-order valence-corrected chi connectivity index (χ4v) is 2.37. The van der Waals surface area contributed by atoms with E-state index in [-0.39, 0.29) is 0 Å². The van der Waals surface area contributed by atoms with Crippen LogP contribution in [0.15, 0.2) is 6.07 Å². The third-order valence-corrected chi connectivity index (χ3v) is 3.30. The summed E-state index contributed by atoms with van der Waals surface area (Å²) in [5.41, 5.74) is 6.95. The number of anilines is 1. The first-order chi connectivity index (χ1) is 7.22. The number of likely N-dealkylation sites (tertiary alicyclic amines) is 1. The first kappa shape index (κ1) is 10.5. The molecule has 1 aromatic heterocycles. The second-order valence-corrected chi connectivity index (χ2v) is 4.26. The van der Waals surface area contributed by atoms with E-state index in [1.165, 1.54) is 25.8 Å². The van der Waals surface area contributed by atoms with E-state index in [1.807, 2.05) is 13.1 Å². The van der Waals surface area contributed by atoms with Gasteiger partial charge in [0.15, 0.2) is 0 Å². The Labute approximate surface area is 91.1 Å². The Morgan fingerprint density at radius 1 is 1.53 bits per heavy atom. The van der Waals surface area contributed by atoms with Crippen molar-refractivity contribution in [3.63, 3.8) is 0 Å². The average Bonchev–Trinajstić information content (AvgIpc) is 2.59. The van der Waals surface area contributed by atoms with Gasteiger partial charge >= 0.3 is 0 Å². The summed E-state index contributed by atoms with van der Waals surface area (Å²) < 4.78 is 1.76. The molecule has 1 aliphatic heterocycles. The quantitative estimate of drug-likeness (QED) is 0.802. The average molecular weight is 208 g/mol. The zero-order valence-electron chi connectivity index (χ0n) is 9.61. The van der Waals surface area contributed by atoms with E-state index < -0.39 is 0 Å². The van der Waals surface area contributed by atoms with Gasteiger partial charge in [-0.1, -0.05) is 13.3 Å². The van der Waals surface area contributed by atoms with Crippen LogP contribution in [0.25, 0.3) is 0 Å². The molecule has 1 fully saturated rings. The van der Waals surface area contributed by atoms with E-state index in [1.54, 1.807) is 4.68 Å². The monoisotopic (exact) mass is 208 g/mol. The summed E-state index contributed by atoms with van der Waals surface area (Å²) >= 11 is 0. The Morgan fingerprint density at radius 2 is 2.33 bits per heavy atom. The molecule has 4 nitrogen and oxygen atoms in total. The van der Waals surface area contributed by atoms with Crippen molar-refractivity contribution in [1.82, 2.24) is 14.7 Å². The number of nitrogens with zero attached hydrogens (tertiary/aromatic N) is 3. The molecule has 0 aromatic carbocycles. The molecule has 15 heavy (non-hydrogen) atoms. The highest BCUT2D eigenvalue weighted by atomic mass is 15.3. The Bertz CT molecular complexity index is 312. The number of nitrogen functional groups attached to an aromatic ring is 1. The van der Waals surface area contributed by atoms with Crippen LogP contribution in [0.4, 0.5) is 5.82 Å². The summed E-state index contributed by atoms with van der Waals surface area (Å²) in [5, 5.41) is 4.48. The van der Waals surface area contributed by atoms with Gasteiger partial charge in [0.2, 0.25) is 0 Å². The van der Waals surface area contributed by atoms with Crippen LogP contribution >= 0.6 is 0 Å². The van der Waals surface area contributed by atoms with E-state index in [0.29, 0.717) is 6.04 Å². The minimum absolute atomic E-state index is 0.479. The molecule has 0 aliphatic carbocycles. The first-order valence-electron chi connectivity index (χ1n) is 5.76. The molecule has 0 amide bonds. The summed E-state index contributed by atoms with van der Waals surface area (Å²) in [5.74, 6) is 0.756. The van der Waals surface area contributed by atoms with Crippen LogP contribution in [0.5, 0.6) is 0 Å². The molecule has 1 atom stereocenters. The molecular formula is C11H20N4. The van der Waals surface area contributed by atoms with Crippen LogP contribution in [-0.2, 0) is 7.05 Å². The van der Waals surface area contributed by atoms with Gasteiger partial charge in [0.05, 0.1) is 11.7 Å². The van der Waals surface area contributed by atoms with Gasteiger partial charge in [-0.25, -0.2) is 0 Å². The van der Waals surface area contributed by atoms with Crippen molar-refractivity contribution in [3.8, 4) is 0 Å². The lowest BCUT2D eigenvalue weighted by atomic mass is 9.99. The maximum atomic E-state index is 5.82. The maximum Gasteiger partial charge on any atom is 0.121 e. The molecule has 1 aromatic rings. The van der Waals surface area contributed by atoms with Crippen LogP contribution in [0.1, 0.15) is 37.9 Å². The Balaban J connectivity index is 2.20. The predicted octanol–water partition coefficient (Wildman–Crippen LogP) is 1.55. The predicted molar refractivity (Wildman–Crippen MR) is 61.5 cm³/mol. The van der Waals surface area contributed by atoms with Crippen molar-refractivity contribution in [1.29, 1.82) is 0 Å². The van der Waals surface area contributed by atoms with E-state index in [0.717, 1.165) is 18.1 Å². The highest BCUT2D eigenvalue weighted by Crippen LogP contribution is 2.30. The van der Waals surface area contributed by atoms with Crippen molar-refractivity contribution in [2.45, 2.75) is 32.2 Å². The van der Waals surface area contributed by atoms with Gasteiger partial charge in [-0.3, -0.25) is 9.58 Å². The number of aryl methyl sites for hydroxylation is 1. The molecular weight excluding hydrogens is 188 g/mol. The smallest absolute Gasteiger partial charge is 0.121 e. The molecule has 4 heteroatoms. The van der Waals surface area contributed by atoms with Crippen molar-refractivity contribution in [3.05, 3.63) is 11.8 Å². The van der Waals surface area contributed by atoms with Gasteiger partial charge in [-0.05, 0) is 25.9 Å². The number of hydrogen-bond acceptors (Lipinski definition) is 3. The van der Waals surface area contributed by atoms with Crippen LogP contribution in [0, 0.1) is 0 Å². The van der Waals surface area contributed by atoms with E-state index in [2.05, 4.69) is 16.9 Å². The molecule has 0 radical (unpaired) electrons. The largest absolute Gasteiger partial charge is 0.384 e. The lowest BCUT2D eigenvalue weighted by Gasteiger charge is -2.33. The lowest BCUT2D eigenvalue weighted by Crippen LogP contribution is -2.33. The Kier molecular flexibility index (Phi) is 2.95. The van der Waals surface area contributed by atoms with Crippen molar-refractivity contribution >= 4 is 5.82 Å². The molecule has 0 spiro atoms. The lowest BCUT2D eigenvalue weighted by molar-refractivity contribution is 0.153. The second kappa shape index (κ2) is 4.23. The molecule has 84 valence electrons. The van der Waals surface area contributed by atoms with Gasteiger partial charge in [0, 0.05) is 13.1 Å². The molecule has 2 N–H and O–H groups in total. The van der Waals surface area contributed by atoms with Gasteiger partial charge < -0.3 is 5.73 Å². The zero-order chi connectivity index (χ0) is 10.8. The molecule has 0 bridgehead atoms. The summed E-state index contributed by atoms with van der Waals surface area (Å²) in [4.78, 5) is 2.49. The summed E-state index contributed by atoms with van der Waals surface area (Å²) in [7, 11) is 1.90. The van der Waals surface area contributed by atoms with Crippen molar-refractivity contribution < 1.29 is 0 Å². The number of piperidine rings is 1. The molecule has 0 saturated carbocycles. The van der Waals surface area contributed by atoms with E-state index in [9.17, 15) is 0 Å². The van der Waals surface area contributed by atoms with Crippen LogP contribution in [0.3, 0.4) is 0 Å². The fourth-order valence-electron chi connectivity index (χ4n) is 2.37. The van der Waals surface area contributed by atoms with E-state index >= 15 is 0 Å². The van der Waals surface area contributed by atoms with Gasteiger partial charge in [0.1, 0.15) is 5.82 Å². The van der Waals surface area contributed by atoms with Gasteiger partial charge in [-0.2, -0.15) is 5.10 Å². The van der Waals surface area contributed by atoms with Crippen molar-refractivity contribution in [2.75, 3.05) is 18.8 Å². The normalized spacial score (nSPS) is 23.2. The fraction of sp³-hybridized carbons (Fsp3) is 0.727. The highest BCUT2D eigenvalue weighted by Gasteiger charge is 2.24. The Morgan fingerprint density at radius 3 is 2.93 bits per heavy atom. The molecule has 1 unspecified atom stereocenters.